The van der Waals surface area contributed by atoms with Gasteiger partial charge in [0.25, 0.3) is 10.1 Å². The highest BCUT2D eigenvalue weighted by Crippen LogP contribution is 2.53. The van der Waals surface area contributed by atoms with Crippen LogP contribution in [0.4, 0.5) is 0 Å². The monoisotopic (exact) mass is 492 g/mol. The van der Waals surface area contributed by atoms with Crippen LogP contribution in [0.2, 0.25) is 20.1 Å². The fraction of sp³-hybridized carbons (Fsp3) is 0.0526. The predicted molar refractivity (Wildman–Crippen MR) is 114 cm³/mol. The fourth-order valence-electron chi connectivity index (χ4n) is 3.22. The molecular formula is C19H12Cl4O5S. The number of hydrogen-bond donors (Lipinski definition) is 3. The van der Waals surface area contributed by atoms with Gasteiger partial charge in [-0.2, -0.15) is 8.42 Å². The van der Waals surface area contributed by atoms with Crippen molar-refractivity contribution in [3.8, 4) is 11.5 Å². The number of aromatic hydroxyl groups is 2. The highest BCUT2D eigenvalue weighted by atomic mass is 35.5. The highest BCUT2D eigenvalue weighted by molar-refractivity contribution is 7.87. The Labute approximate surface area is 186 Å². The first kappa shape index (κ1) is 22.0. The number of phenolic OH excluding ortho intramolecular Hbond substituents is 2. The zero-order chi connectivity index (χ0) is 21.6. The maximum atomic E-state index is 12.9. The molecule has 0 aliphatic heterocycles. The zero-order valence-electron chi connectivity index (χ0n) is 14.3. The van der Waals surface area contributed by atoms with E-state index in [9.17, 15) is 23.2 Å². The fourth-order valence-corrected chi connectivity index (χ4v) is 5.28. The summed E-state index contributed by atoms with van der Waals surface area (Å²) in [7, 11) is -5.13. The van der Waals surface area contributed by atoms with E-state index in [2.05, 4.69) is 0 Å². The molecule has 0 fully saturated rings. The number of rotatable bonds is 4. The summed E-state index contributed by atoms with van der Waals surface area (Å²) in [5.41, 5.74) is -0.739. The summed E-state index contributed by atoms with van der Waals surface area (Å²) in [6, 6.07) is 12.1. The maximum Gasteiger partial charge on any atom is 0.283 e. The summed E-state index contributed by atoms with van der Waals surface area (Å²) in [5.74, 6) is -1.37. The SMILES string of the molecule is O=S(=O)(O)C(c1ccccc1)(c1cc(Cl)c(Cl)c(Cl)c1)c1c(O)ccc(Cl)c1O. The molecule has 0 radical (unpaired) electrons. The van der Waals surface area contributed by atoms with Crippen molar-refractivity contribution >= 4 is 56.5 Å². The molecule has 0 aromatic heterocycles. The second-order valence-corrected chi connectivity index (χ2v) is 9.23. The van der Waals surface area contributed by atoms with Gasteiger partial charge in [0, 0.05) is 0 Å². The Morgan fingerprint density at radius 2 is 1.31 bits per heavy atom. The Morgan fingerprint density at radius 3 is 1.83 bits per heavy atom. The molecule has 0 aliphatic carbocycles. The van der Waals surface area contributed by atoms with Gasteiger partial charge in [0.1, 0.15) is 11.5 Å². The largest absolute Gasteiger partial charge is 0.507 e. The minimum atomic E-state index is -5.13. The zero-order valence-corrected chi connectivity index (χ0v) is 18.1. The average molecular weight is 494 g/mol. The Kier molecular flexibility index (Phi) is 5.98. The molecule has 3 aromatic carbocycles. The van der Waals surface area contributed by atoms with Crippen molar-refractivity contribution in [1.29, 1.82) is 0 Å². The lowest BCUT2D eigenvalue weighted by molar-refractivity contribution is 0.416. The van der Waals surface area contributed by atoms with Crippen molar-refractivity contribution < 1.29 is 23.2 Å². The molecule has 1 unspecified atom stereocenters. The van der Waals surface area contributed by atoms with Crippen molar-refractivity contribution in [2.45, 2.75) is 4.75 Å². The molecule has 152 valence electrons. The van der Waals surface area contributed by atoms with E-state index in [-0.39, 0.29) is 31.2 Å². The summed E-state index contributed by atoms with van der Waals surface area (Å²) in [5, 5.41) is 20.7. The lowest BCUT2D eigenvalue weighted by atomic mass is 9.83. The van der Waals surface area contributed by atoms with Crippen molar-refractivity contribution in [2.75, 3.05) is 0 Å². The molecule has 3 rings (SSSR count). The Morgan fingerprint density at radius 1 is 0.759 bits per heavy atom. The van der Waals surface area contributed by atoms with Crippen LogP contribution in [0.15, 0.2) is 54.6 Å². The number of halogens is 4. The maximum absolute atomic E-state index is 12.9. The molecule has 0 saturated carbocycles. The van der Waals surface area contributed by atoms with Gasteiger partial charge in [0.2, 0.25) is 0 Å². The molecule has 0 heterocycles. The summed E-state index contributed by atoms with van der Waals surface area (Å²) in [4.78, 5) is 0. The first-order valence-electron chi connectivity index (χ1n) is 7.90. The third kappa shape index (κ3) is 3.54. The molecule has 5 nitrogen and oxygen atoms in total. The van der Waals surface area contributed by atoms with Crippen LogP contribution >= 0.6 is 46.4 Å². The van der Waals surface area contributed by atoms with E-state index in [0.717, 1.165) is 6.07 Å². The third-order valence-electron chi connectivity index (χ3n) is 4.42. The van der Waals surface area contributed by atoms with Gasteiger partial charge >= 0.3 is 0 Å². The van der Waals surface area contributed by atoms with Gasteiger partial charge in [-0.15, -0.1) is 0 Å². The van der Waals surface area contributed by atoms with Gasteiger partial charge in [-0.3, -0.25) is 4.55 Å². The topological polar surface area (TPSA) is 94.8 Å². The van der Waals surface area contributed by atoms with Crippen LogP contribution in [0.25, 0.3) is 0 Å². The van der Waals surface area contributed by atoms with Gasteiger partial charge in [-0.1, -0.05) is 76.7 Å². The molecule has 0 amide bonds. The second-order valence-electron chi connectivity index (χ2n) is 6.07. The first-order chi connectivity index (χ1) is 13.5. The summed E-state index contributed by atoms with van der Waals surface area (Å²) in [6.07, 6.45) is 0. The third-order valence-corrected chi connectivity index (χ3v) is 7.37. The molecule has 10 heteroatoms. The molecule has 3 N–H and O–H groups in total. The van der Waals surface area contributed by atoms with Crippen LogP contribution in [0, 0.1) is 0 Å². The van der Waals surface area contributed by atoms with Crippen LogP contribution in [-0.2, 0) is 14.9 Å². The molecule has 0 spiro atoms. The van der Waals surface area contributed by atoms with Crippen LogP contribution in [0.5, 0.6) is 11.5 Å². The van der Waals surface area contributed by atoms with E-state index in [0.29, 0.717) is 0 Å². The lowest BCUT2D eigenvalue weighted by Crippen LogP contribution is -2.38. The summed E-state index contributed by atoms with van der Waals surface area (Å²) < 4.78 is 33.8. The van der Waals surface area contributed by atoms with Gasteiger partial charge in [0.05, 0.1) is 25.7 Å². The second kappa shape index (κ2) is 7.87. The van der Waals surface area contributed by atoms with E-state index < -0.39 is 31.9 Å². The van der Waals surface area contributed by atoms with Gasteiger partial charge in [0.15, 0.2) is 4.75 Å². The Bertz CT molecular complexity index is 1180. The number of benzene rings is 3. The summed E-state index contributed by atoms with van der Waals surface area (Å²) in [6.45, 7) is 0. The average Bonchev–Trinajstić information content (AvgIpc) is 2.65. The quantitative estimate of drug-likeness (QED) is 0.239. The van der Waals surface area contributed by atoms with Crippen molar-refractivity contribution in [2.24, 2.45) is 0 Å². The molecule has 0 bridgehead atoms. The van der Waals surface area contributed by atoms with Gasteiger partial charge < -0.3 is 10.2 Å². The van der Waals surface area contributed by atoms with Crippen LogP contribution in [-0.4, -0.2) is 23.2 Å². The van der Waals surface area contributed by atoms with Crippen molar-refractivity contribution in [3.63, 3.8) is 0 Å². The van der Waals surface area contributed by atoms with E-state index in [1.54, 1.807) is 6.07 Å². The normalized spacial score (nSPS) is 13.8. The molecule has 0 saturated heterocycles. The van der Waals surface area contributed by atoms with Gasteiger partial charge in [-0.25, -0.2) is 0 Å². The van der Waals surface area contributed by atoms with Crippen LogP contribution < -0.4 is 0 Å². The number of phenols is 2. The van der Waals surface area contributed by atoms with Crippen molar-refractivity contribution in [3.05, 3.63) is 91.4 Å². The number of hydrogen-bond acceptors (Lipinski definition) is 4. The highest BCUT2D eigenvalue weighted by Gasteiger charge is 2.52. The lowest BCUT2D eigenvalue weighted by Gasteiger charge is -2.33. The standard InChI is InChI=1S/C19H12Cl4O5S/c20-12-6-7-15(24)16(18(12)25)19(29(26,27)28,10-4-2-1-3-5-10)11-8-13(21)17(23)14(22)9-11/h1-9,24-25H,(H,26,27,28). The minimum absolute atomic E-state index is 0.00942. The van der Waals surface area contributed by atoms with Gasteiger partial charge in [-0.05, 0) is 35.4 Å². The summed E-state index contributed by atoms with van der Waals surface area (Å²) >= 11 is 24.2. The smallest absolute Gasteiger partial charge is 0.283 e. The van der Waals surface area contributed by atoms with E-state index in [4.69, 9.17) is 46.4 Å². The van der Waals surface area contributed by atoms with Crippen LogP contribution in [0.3, 0.4) is 0 Å². The van der Waals surface area contributed by atoms with Crippen molar-refractivity contribution in [1.82, 2.24) is 0 Å². The van der Waals surface area contributed by atoms with Crippen LogP contribution in [0.1, 0.15) is 16.7 Å². The minimum Gasteiger partial charge on any atom is -0.507 e. The Hall–Kier alpha value is -1.67. The molecule has 3 aromatic rings. The Balaban J connectivity index is 2.64. The molecular weight excluding hydrogens is 482 g/mol. The predicted octanol–water partition coefficient (Wildman–Crippen LogP) is 5.89. The molecule has 0 aliphatic rings. The van der Waals surface area contributed by atoms with E-state index in [1.165, 1.54) is 42.5 Å². The molecule has 1 atom stereocenters. The van der Waals surface area contributed by atoms with E-state index in [1.807, 2.05) is 0 Å². The molecule has 29 heavy (non-hydrogen) atoms. The van der Waals surface area contributed by atoms with E-state index >= 15 is 0 Å². The first-order valence-corrected chi connectivity index (χ1v) is 10.9.